The second kappa shape index (κ2) is 6.66. The van der Waals surface area contributed by atoms with Crippen LogP contribution in [0, 0.1) is 12.8 Å². The summed E-state index contributed by atoms with van der Waals surface area (Å²) in [5, 5.41) is 0. The molecular weight excluding hydrogens is 196 g/mol. The van der Waals surface area contributed by atoms with E-state index < -0.39 is 0 Å². The van der Waals surface area contributed by atoms with Crippen molar-refractivity contribution in [1.29, 1.82) is 0 Å². The Morgan fingerprint density at radius 3 is 2.69 bits per heavy atom. The molecule has 0 aliphatic heterocycles. The minimum Gasteiger partial charge on any atom is -0.271 e. The zero-order chi connectivity index (χ0) is 12.0. The minimum atomic E-state index is 0.386. The van der Waals surface area contributed by atoms with Crippen LogP contribution in [0.4, 0.5) is 0 Å². The normalized spacial score (nSPS) is 14.8. The molecule has 0 heterocycles. The highest BCUT2D eigenvalue weighted by Gasteiger charge is 2.11. The van der Waals surface area contributed by atoms with Crippen LogP contribution in [-0.4, -0.2) is 6.04 Å². The maximum absolute atomic E-state index is 5.61. The van der Waals surface area contributed by atoms with E-state index in [4.69, 9.17) is 5.84 Å². The van der Waals surface area contributed by atoms with E-state index in [2.05, 4.69) is 50.5 Å². The Morgan fingerprint density at radius 2 is 2.12 bits per heavy atom. The average Bonchev–Trinajstić information content (AvgIpc) is 2.28. The predicted octanol–water partition coefficient (Wildman–Crippen LogP) is 2.81. The molecule has 1 rings (SSSR count). The predicted molar refractivity (Wildman–Crippen MR) is 70.1 cm³/mol. The van der Waals surface area contributed by atoms with E-state index in [1.807, 2.05) is 0 Å². The molecule has 0 aromatic heterocycles. The molecule has 0 aliphatic rings. The highest BCUT2D eigenvalue weighted by molar-refractivity contribution is 5.22. The smallest absolute Gasteiger partial charge is 0.0253 e. The van der Waals surface area contributed by atoms with Gasteiger partial charge in [-0.3, -0.25) is 11.3 Å². The molecular formula is C14H24N2. The molecule has 2 unspecified atom stereocenters. The van der Waals surface area contributed by atoms with Gasteiger partial charge in [-0.2, -0.15) is 0 Å². The SMILES string of the molecule is CCC(C)CC(Cc1cccc(C)c1)NN. The monoisotopic (exact) mass is 220 g/mol. The van der Waals surface area contributed by atoms with Gasteiger partial charge in [0.25, 0.3) is 0 Å². The number of aryl methyl sites for hydroxylation is 1. The van der Waals surface area contributed by atoms with Crippen LogP contribution in [0.15, 0.2) is 24.3 Å². The van der Waals surface area contributed by atoms with Crippen molar-refractivity contribution >= 4 is 0 Å². The number of hydrazine groups is 1. The first-order valence-corrected chi connectivity index (χ1v) is 6.17. The lowest BCUT2D eigenvalue weighted by Gasteiger charge is -2.19. The van der Waals surface area contributed by atoms with Crippen LogP contribution >= 0.6 is 0 Å². The second-order valence-corrected chi connectivity index (χ2v) is 4.81. The van der Waals surface area contributed by atoms with Gasteiger partial charge in [-0.1, -0.05) is 50.1 Å². The van der Waals surface area contributed by atoms with Crippen molar-refractivity contribution in [1.82, 2.24) is 5.43 Å². The first-order valence-electron chi connectivity index (χ1n) is 6.17. The number of hydrogen-bond donors (Lipinski definition) is 2. The fourth-order valence-corrected chi connectivity index (χ4v) is 1.99. The maximum atomic E-state index is 5.61. The first-order chi connectivity index (χ1) is 7.65. The Morgan fingerprint density at radius 1 is 1.38 bits per heavy atom. The Bertz CT molecular complexity index is 309. The third kappa shape index (κ3) is 4.33. The molecule has 16 heavy (non-hydrogen) atoms. The zero-order valence-corrected chi connectivity index (χ0v) is 10.7. The van der Waals surface area contributed by atoms with Crippen molar-refractivity contribution < 1.29 is 0 Å². The van der Waals surface area contributed by atoms with E-state index in [0.717, 1.165) is 18.8 Å². The Hall–Kier alpha value is -0.860. The quantitative estimate of drug-likeness (QED) is 0.571. The summed E-state index contributed by atoms with van der Waals surface area (Å²) >= 11 is 0. The average molecular weight is 220 g/mol. The molecule has 2 nitrogen and oxygen atoms in total. The highest BCUT2D eigenvalue weighted by atomic mass is 15.2. The highest BCUT2D eigenvalue weighted by Crippen LogP contribution is 2.14. The first kappa shape index (κ1) is 13.2. The van der Waals surface area contributed by atoms with Gasteiger partial charge in [0, 0.05) is 6.04 Å². The van der Waals surface area contributed by atoms with Crippen molar-refractivity contribution in [2.24, 2.45) is 11.8 Å². The van der Waals surface area contributed by atoms with E-state index in [1.165, 1.54) is 17.5 Å². The minimum absolute atomic E-state index is 0.386. The lowest BCUT2D eigenvalue weighted by Crippen LogP contribution is -2.38. The molecule has 0 saturated carbocycles. The van der Waals surface area contributed by atoms with E-state index in [-0.39, 0.29) is 0 Å². The Kier molecular flexibility index (Phi) is 5.50. The summed E-state index contributed by atoms with van der Waals surface area (Å²) in [6.45, 7) is 6.63. The topological polar surface area (TPSA) is 38.0 Å². The fraction of sp³-hybridized carbons (Fsp3) is 0.571. The molecule has 90 valence electrons. The number of hydrogen-bond acceptors (Lipinski definition) is 2. The molecule has 1 aromatic rings. The Balaban J connectivity index is 2.56. The summed E-state index contributed by atoms with van der Waals surface area (Å²) in [5.41, 5.74) is 5.62. The summed E-state index contributed by atoms with van der Waals surface area (Å²) in [7, 11) is 0. The molecule has 1 aromatic carbocycles. The maximum Gasteiger partial charge on any atom is 0.0253 e. The molecule has 2 heteroatoms. The van der Waals surface area contributed by atoms with Crippen molar-refractivity contribution in [2.45, 2.75) is 46.1 Å². The van der Waals surface area contributed by atoms with Crippen LogP contribution in [0.5, 0.6) is 0 Å². The lowest BCUT2D eigenvalue weighted by atomic mass is 9.94. The third-order valence-electron chi connectivity index (χ3n) is 3.18. The van der Waals surface area contributed by atoms with Crippen LogP contribution in [0.3, 0.4) is 0 Å². The van der Waals surface area contributed by atoms with Gasteiger partial charge in [-0.15, -0.1) is 0 Å². The van der Waals surface area contributed by atoms with Crippen molar-refractivity contribution in [3.8, 4) is 0 Å². The number of nitrogens with one attached hydrogen (secondary N) is 1. The van der Waals surface area contributed by atoms with Gasteiger partial charge in [0.15, 0.2) is 0 Å². The zero-order valence-electron chi connectivity index (χ0n) is 10.7. The van der Waals surface area contributed by atoms with E-state index in [9.17, 15) is 0 Å². The second-order valence-electron chi connectivity index (χ2n) is 4.81. The van der Waals surface area contributed by atoms with Gasteiger partial charge >= 0.3 is 0 Å². The van der Waals surface area contributed by atoms with E-state index in [1.54, 1.807) is 0 Å². The summed E-state index contributed by atoms with van der Waals surface area (Å²) in [4.78, 5) is 0. The van der Waals surface area contributed by atoms with Crippen LogP contribution in [0.25, 0.3) is 0 Å². The van der Waals surface area contributed by atoms with Gasteiger partial charge in [0.05, 0.1) is 0 Å². The fourth-order valence-electron chi connectivity index (χ4n) is 1.99. The number of benzene rings is 1. The Labute approximate surface area is 99.2 Å². The van der Waals surface area contributed by atoms with Crippen molar-refractivity contribution in [3.05, 3.63) is 35.4 Å². The molecule has 0 amide bonds. The standard InChI is InChI=1S/C14H24N2/c1-4-11(2)9-14(16-15)10-13-7-5-6-12(3)8-13/h5-8,11,14,16H,4,9-10,15H2,1-3H3. The van der Waals surface area contributed by atoms with Gasteiger partial charge < -0.3 is 0 Å². The van der Waals surface area contributed by atoms with Crippen LogP contribution < -0.4 is 11.3 Å². The molecule has 0 fully saturated rings. The molecule has 0 aliphatic carbocycles. The van der Waals surface area contributed by atoms with E-state index >= 15 is 0 Å². The largest absolute Gasteiger partial charge is 0.271 e. The summed E-state index contributed by atoms with van der Waals surface area (Å²) in [6, 6.07) is 9.04. The van der Waals surface area contributed by atoms with Crippen LogP contribution in [-0.2, 0) is 6.42 Å². The molecule has 2 atom stereocenters. The van der Waals surface area contributed by atoms with Crippen LogP contribution in [0.2, 0.25) is 0 Å². The molecule has 0 radical (unpaired) electrons. The molecule has 3 N–H and O–H groups in total. The van der Waals surface area contributed by atoms with Gasteiger partial charge in [-0.25, -0.2) is 0 Å². The lowest BCUT2D eigenvalue weighted by molar-refractivity contribution is 0.396. The third-order valence-corrected chi connectivity index (χ3v) is 3.18. The number of rotatable bonds is 6. The summed E-state index contributed by atoms with van der Waals surface area (Å²) < 4.78 is 0. The summed E-state index contributed by atoms with van der Waals surface area (Å²) in [5.74, 6) is 6.34. The van der Waals surface area contributed by atoms with Gasteiger partial charge in [-0.05, 0) is 31.2 Å². The van der Waals surface area contributed by atoms with Crippen molar-refractivity contribution in [3.63, 3.8) is 0 Å². The van der Waals surface area contributed by atoms with Crippen molar-refractivity contribution in [2.75, 3.05) is 0 Å². The molecule has 0 spiro atoms. The van der Waals surface area contributed by atoms with Gasteiger partial charge in [0.1, 0.15) is 0 Å². The van der Waals surface area contributed by atoms with Crippen LogP contribution in [0.1, 0.15) is 37.8 Å². The van der Waals surface area contributed by atoms with Gasteiger partial charge in [0.2, 0.25) is 0 Å². The van der Waals surface area contributed by atoms with E-state index in [0.29, 0.717) is 6.04 Å². The molecule has 0 saturated heterocycles. The molecule has 0 bridgehead atoms. The number of nitrogens with two attached hydrogens (primary N) is 1. The summed E-state index contributed by atoms with van der Waals surface area (Å²) in [6.07, 6.45) is 3.37.